The van der Waals surface area contributed by atoms with Gasteiger partial charge >= 0.3 is 0 Å². The standard InChI is InChI=1S/C15H13FO2/c1-18-15-10-12(6-9-14(15)17)3-2-11-4-7-13(16)8-5-11/h2-10,17H,1H3/b3-2+. The highest BCUT2D eigenvalue weighted by molar-refractivity contribution is 5.70. The van der Waals surface area contributed by atoms with Crippen LogP contribution in [-0.4, -0.2) is 12.2 Å². The monoisotopic (exact) mass is 244 g/mol. The summed E-state index contributed by atoms with van der Waals surface area (Å²) < 4.78 is 17.7. The molecule has 0 aromatic heterocycles. The van der Waals surface area contributed by atoms with Crippen LogP contribution < -0.4 is 4.74 Å². The van der Waals surface area contributed by atoms with Gasteiger partial charge in [0, 0.05) is 0 Å². The summed E-state index contributed by atoms with van der Waals surface area (Å²) in [6.07, 6.45) is 3.74. The van der Waals surface area contributed by atoms with E-state index in [1.807, 2.05) is 12.2 Å². The van der Waals surface area contributed by atoms with E-state index in [4.69, 9.17) is 4.74 Å². The smallest absolute Gasteiger partial charge is 0.161 e. The van der Waals surface area contributed by atoms with Gasteiger partial charge in [0.1, 0.15) is 5.82 Å². The number of hydrogen-bond acceptors (Lipinski definition) is 2. The van der Waals surface area contributed by atoms with Crippen molar-refractivity contribution in [3.05, 3.63) is 59.4 Å². The van der Waals surface area contributed by atoms with Crippen molar-refractivity contribution in [1.29, 1.82) is 0 Å². The lowest BCUT2D eigenvalue weighted by atomic mass is 10.1. The Labute approximate surface area is 105 Å². The molecule has 2 aromatic rings. The van der Waals surface area contributed by atoms with Gasteiger partial charge in [-0.3, -0.25) is 0 Å². The zero-order chi connectivity index (χ0) is 13.0. The van der Waals surface area contributed by atoms with Gasteiger partial charge < -0.3 is 9.84 Å². The molecule has 1 N–H and O–H groups in total. The molecule has 0 bridgehead atoms. The Morgan fingerprint density at radius 1 is 1.00 bits per heavy atom. The average Bonchev–Trinajstić information content (AvgIpc) is 2.39. The van der Waals surface area contributed by atoms with Gasteiger partial charge in [-0.15, -0.1) is 0 Å². The number of hydrogen-bond donors (Lipinski definition) is 1. The third-order valence-electron chi connectivity index (χ3n) is 2.54. The van der Waals surface area contributed by atoms with Gasteiger partial charge in [0.05, 0.1) is 7.11 Å². The summed E-state index contributed by atoms with van der Waals surface area (Å²) in [5.74, 6) is 0.283. The fourth-order valence-electron chi connectivity index (χ4n) is 1.56. The van der Waals surface area contributed by atoms with Crippen LogP contribution in [0.1, 0.15) is 11.1 Å². The molecule has 0 aliphatic rings. The third-order valence-corrected chi connectivity index (χ3v) is 2.54. The average molecular weight is 244 g/mol. The second kappa shape index (κ2) is 5.36. The van der Waals surface area contributed by atoms with Crippen LogP contribution in [-0.2, 0) is 0 Å². The molecule has 2 nitrogen and oxygen atoms in total. The van der Waals surface area contributed by atoms with Gasteiger partial charge in [-0.05, 0) is 35.4 Å². The molecular weight excluding hydrogens is 231 g/mol. The summed E-state index contributed by atoms with van der Waals surface area (Å²) in [5, 5.41) is 9.46. The number of phenols is 1. The van der Waals surface area contributed by atoms with E-state index in [0.29, 0.717) is 5.75 Å². The Morgan fingerprint density at radius 3 is 2.28 bits per heavy atom. The minimum atomic E-state index is -0.251. The summed E-state index contributed by atoms with van der Waals surface area (Å²) in [6.45, 7) is 0. The summed E-state index contributed by atoms with van der Waals surface area (Å²) >= 11 is 0. The molecule has 2 aromatic carbocycles. The molecule has 2 rings (SSSR count). The van der Waals surface area contributed by atoms with Crippen molar-refractivity contribution >= 4 is 12.2 Å². The van der Waals surface area contributed by atoms with E-state index in [-0.39, 0.29) is 11.6 Å². The molecule has 0 saturated carbocycles. The van der Waals surface area contributed by atoms with Crippen LogP contribution >= 0.6 is 0 Å². The topological polar surface area (TPSA) is 29.5 Å². The molecular formula is C15H13FO2. The maximum Gasteiger partial charge on any atom is 0.161 e. The van der Waals surface area contributed by atoms with Crippen molar-refractivity contribution in [3.8, 4) is 11.5 Å². The van der Waals surface area contributed by atoms with Crippen molar-refractivity contribution in [2.45, 2.75) is 0 Å². The van der Waals surface area contributed by atoms with Crippen LogP contribution in [0, 0.1) is 5.82 Å². The highest BCUT2D eigenvalue weighted by Crippen LogP contribution is 2.27. The van der Waals surface area contributed by atoms with E-state index >= 15 is 0 Å². The molecule has 0 aliphatic carbocycles. The van der Waals surface area contributed by atoms with Gasteiger partial charge in [0.15, 0.2) is 11.5 Å². The van der Waals surface area contributed by atoms with Crippen LogP contribution in [0.4, 0.5) is 4.39 Å². The number of methoxy groups -OCH3 is 1. The van der Waals surface area contributed by atoms with Crippen LogP contribution in [0.2, 0.25) is 0 Å². The van der Waals surface area contributed by atoms with E-state index in [1.54, 1.807) is 30.3 Å². The molecule has 92 valence electrons. The number of phenolic OH excluding ortho intramolecular Hbond substituents is 1. The van der Waals surface area contributed by atoms with Crippen LogP contribution in [0.5, 0.6) is 11.5 Å². The molecule has 0 spiro atoms. The fraction of sp³-hybridized carbons (Fsp3) is 0.0667. The number of aromatic hydroxyl groups is 1. The van der Waals surface area contributed by atoms with E-state index in [0.717, 1.165) is 11.1 Å². The van der Waals surface area contributed by atoms with Gasteiger partial charge in [-0.25, -0.2) is 4.39 Å². The molecule has 0 radical (unpaired) electrons. The predicted octanol–water partition coefficient (Wildman–Crippen LogP) is 3.71. The SMILES string of the molecule is COc1cc(/C=C/c2ccc(F)cc2)ccc1O. The maximum atomic E-state index is 12.7. The first-order chi connectivity index (χ1) is 8.69. The quantitative estimate of drug-likeness (QED) is 0.834. The van der Waals surface area contributed by atoms with Gasteiger partial charge in [-0.2, -0.15) is 0 Å². The van der Waals surface area contributed by atoms with Crippen molar-refractivity contribution in [2.75, 3.05) is 7.11 Å². The van der Waals surface area contributed by atoms with Crippen LogP contribution in [0.25, 0.3) is 12.2 Å². The van der Waals surface area contributed by atoms with Crippen LogP contribution in [0.3, 0.4) is 0 Å². The predicted molar refractivity (Wildman–Crippen MR) is 70.0 cm³/mol. The molecule has 0 fully saturated rings. The Balaban J connectivity index is 2.20. The van der Waals surface area contributed by atoms with E-state index in [1.165, 1.54) is 19.2 Å². The maximum absolute atomic E-state index is 12.7. The Kier molecular flexibility index (Phi) is 3.63. The number of ether oxygens (including phenoxy) is 1. The second-order valence-corrected chi connectivity index (χ2v) is 3.82. The van der Waals surface area contributed by atoms with Crippen molar-refractivity contribution < 1.29 is 14.2 Å². The van der Waals surface area contributed by atoms with E-state index in [9.17, 15) is 9.50 Å². The van der Waals surface area contributed by atoms with Gasteiger partial charge in [0.25, 0.3) is 0 Å². The third kappa shape index (κ3) is 2.88. The van der Waals surface area contributed by atoms with Crippen molar-refractivity contribution in [1.82, 2.24) is 0 Å². The highest BCUT2D eigenvalue weighted by Gasteiger charge is 2.00. The van der Waals surface area contributed by atoms with E-state index < -0.39 is 0 Å². The molecule has 0 atom stereocenters. The Hall–Kier alpha value is -2.29. The second-order valence-electron chi connectivity index (χ2n) is 3.82. The van der Waals surface area contributed by atoms with Crippen LogP contribution in [0.15, 0.2) is 42.5 Å². The summed E-state index contributed by atoms with van der Waals surface area (Å²) in [6, 6.07) is 11.3. The van der Waals surface area contributed by atoms with Gasteiger partial charge in [-0.1, -0.05) is 30.4 Å². The zero-order valence-corrected chi connectivity index (χ0v) is 9.93. The number of benzene rings is 2. The molecule has 0 unspecified atom stereocenters. The molecule has 0 heterocycles. The molecule has 3 heteroatoms. The molecule has 0 saturated heterocycles. The van der Waals surface area contributed by atoms with Crippen molar-refractivity contribution in [3.63, 3.8) is 0 Å². The first kappa shape index (κ1) is 12.2. The summed E-state index contributed by atoms with van der Waals surface area (Å²) in [7, 11) is 1.50. The first-order valence-electron chi connectivity index (χ1n) is 5.50. The zero-order valence-electron chi connectivity index (χ0n) is 9.93. The minimum absolute atomic E-state index is 0.108. The fourth-order valence-corrected chi connectivity index (χ4v) is 1.56. The molecule has 18 heavy (non-hydrogen) atoms. The highest BCUT2D eigenvalue weighted by atomic mass is 19.1. The molecule has 0 amide bonds. The lowest BCUT2D eigenvalue weighted by molar-refractivity contribution is 0.373. The Bertz CT molecular complexity index is 559. The number of halogens is 1. The Morgan fingerprint density at radius 2 is 1.61 bits per heavy atom. The van der Waals surface area contributed by atoms with Gasteiger partial charge in [0.2, 0.25) is 0 Å². The number of rotatable bonds is 3. The van der Waals surface area contributed by atoms with Crippen molar-refractivity contribution in [2.24, 2.45) is 0 Å². The summed E-state index contributed by atoms with van der Waals surface area (Å²) in [4.78, 5) is 0. The van der Waals surface area contributed by atoms with E-state index in [2.05, 4.69) is 0 Å². The largest absolute Gasteiger partial charge is 0.504 e. The first-order valence-corrected chi connectivity index (χ1v) is 5.50. The molecule has 0 aliphatic heterocycles. The lowest BCUT2D eigenvalue weighted by Crippen LogP contribution is -1.84. The summed E-state index contributed by atoms with van der Waals surface area (Å²) in [5.41, 5.74) is 1.80. The lowest BCUT2D eigenvalue weighted by Gasteiger charge is -2.03. The minimum Gasteiger partial charge on any atom is -0.504 e. The normalized spacial score (nSPS) is 10.8.